The summed E-state index contributed by atoms with van der Waals surface area (Å²) < 4.78 is 0. The zero-order valence-electron chi connectivity index (χ0n) is 16.9. The Kier molecular flexibility index (Phi) is 8.27. The molecular formula is C21H27N5OS2. The minimum atomic E-state index is -0.109. The summed E-state index contributed by atoms with van der Waals surface area (Å²) in [4.78, 5) is 28.6. The van der Waals surface area contributed by atoms with E-state index in [2.05, 4.69) is 51.3 Å². The third kappa shape index (κ3) is 6.99. The van der Waals surface area contributed by atoms with Gasteiger partial charge >= 0.3 is 0 Å². The van der Waals surface area contributed by atoms with E-state index in [4.69, 9.17) is 0 Å². The molecule has 0 aromatic carbocycles. The largest absolute Gasteiger partial charge is 0.355 e. The van der Waals surface area contributed by atoms with Crippen LogP contribution in [0.2, 0.25) is 0 Å². The quantitative estimate of drug-likeness (QED) is 0.454. The molecule has 3 aromatic heterocycles. The summed E-state index contributed by atoms with van der Waals surface area (Å²) in [7, 11) is 2.14. The molecule has 0 amide bonds. The van der Waals surface area contributed by atoms with E-state index in [0.29, 0.717) is 17.9 Å². The molecule has 3 aromatic rings. The van der Waals surface area contributed by atoms with Crippen molar-refractivity contribution in [1.29, 1.82) is 0 Å². The zero-order chi connectivity index (χ0) is 20.5. The van der Waals surface area contributed by atoms with Crippen LogP contribution in [0, 0.1) is 0 Å². The third-order valence-corrected chi connectivity index (χ3v) is 6.72. The van der Waals surface area contributed by atoms with Gasteiger partial charge in [0.25, 0.3) is 5.56 Å². The van der Waals surface area contributed by atoms with E-state index in [1.807, 2.05) is 35.2 Å². The summed E-state index contributed by atoms with van der Waals surface area (Å²) in [6.07, 6.45) is 5.66. The molecular weight excluding hydrogens is 402 g/mol. The summed E-state index contributed by atoms with van der Waals surface area (Å²) in [5, 5.41) is 3.20. The smallest absolute Gasteiger partial charge is 0.255 e. The Balaban J connectivity index is 1.39. The number of aromatic nitrogens is 3. The Labute approximate surface area is 179 Å². The number of thioether (sulfide) groups is 1. The van der Waals surface area contributed by atoms with Gasteiger partial charge in [-0.2, -0.15) is 11.8 Å². The van der Waals surface area contributed by atoms with Gasteiger partial charge in [-0.25, -0.2) is 4.98 Å². The van der Waals surface area contributed by atoms with Crippen molar-refractivity contribution in [2.45, 2.75) is 25.6 Å². The molecule has 0 saturated carbocycles. The van der Waals surface area contributed by atoms with Crippen molar-refractivity contribution >= 4 is 29.0 Å². The molecule has 0 aliphatic heterocycles. The number of hydrogen-bond acceptors (Lipinski definition) is 7. The second-order valence-electron chi connectivity index (χ2n) is 6.80. The van der Waals surface area contributed by atoms with Crippen molar-refractivity contribution < 1.29 is 0 Å². The van der Waals surface area contributed by atoms with Gasteiger partial charge in [0.15, 0.2) is 0 Å². The topological polar surface area (TPSA) is 73.9 Å². The van der Waals surface area contributed by atoms with Gasteiger partial charge in [0.05, 0.1) is 0 Å². The van der Waals surface area contributed by atoms with Crippen LogP contribution in [0.25, 0.3) is 0 Å². The molecule has 0 atom stereocenters. The standard InChI is InChI=1S/C21H27N5OS2/c1-3-26(2)14-18-6-7-19(29-18)15-28-10-9-23-21-24-13-17(20(27)25-21)11-16-5-4-8-22-12-16/h4-8,12-13H,3,9-11,14-15H2,1-2H3,(H2,23,24,25,27). The van der Waals surface area contributed by atoms with Crippen LogP contribution in [0.5, 0.6) is 0 Å². The van der Waals surface area contributed by atoms with Crippen molar-refractivity contribution in [2.24, 2.45) is 0 Å². The first-order valence-electron chi connectivity index (χ1n) is 9.69. The van der Waals surface area contributed by atoms with E-state index in [1.54, 1.807) is 18.6 Å². The summed E-state index contributed by atoms with van der Waals surface area (Å²) in [5.41, 5.74) is 1.53. The monoisotopic (exact) mass is 429 g/mol. The average Bonchev–Trinajstić information content (AvgIpc) is 3.17. The van der Waals surface area contributed by atoms with Gasteiger partial charge < -0.3 is 10.2 Å². The van der Waals surface area contributed by atoms with Gasteiger partial charge in [-0.3, -0.25) is 14.8 Å². The summed E-state index contributed by atoms with van der Waals surface area (Å²) >= 11 is 3.77. The van der Waals surface area contributed by atoms with Crippen molar-refractivity contribution in [2.75, 3.05) is 31.2 Å². The molecule has 0 bridgehead atoms. The predicted molar refractivity (Wildman–Crippen MR) is 123 cm³/mol. The highest BCUT2D eigenvalue weighted by Crippen LogP contribution is 2.22. The zero-order valence-corrected chi connectivity index (χ0v) is 18.5. The van der Waals surface area contributed by atoms with Crippen LogP contribution in [0.15, 0.2) is 47.7 Å². The first kappa shape index (κ1) is 21.5. The molecule has 2 N–H and O–H groups in total. The maximum atomic E-state index is 12.3. The van der Waals surface area contributed by atoms with Gasteiger partial charge in [0.2, 0.25) is 5.95 Å². The van der Waals surface area contributed by atoms with Crippen molar-refractivity contribution in [1.82, 2.24) is 19.9 Å². The van der Waals surface area contributed by atoms with Gasteiger partial charge in [0.1, 0.15) is 0 Å². The number of H-pyrrole nitrogens is 1. The second-order valence-corrected chi connectivity index (χ2v) is 9.16. The first-order valence-corrected chi connectivity index (χ1v) is 11.7. The lowest BCUT2D eigenvalue weighted by molar-refractivity contribution is 0.349. The van der Waals surface area contributed by atoms with Gasteiger partial charge in [-0.05, 0) is 37.4 Å². The maximum Gasteiger partial charge on any atom is 0.255 e. The van der Waals surface area contributed by atoms with Crippen LogP contribution in [-0.4, -0.2) is 45.7 Å². The number of aromatic amines is 1. The minimum Gasteiger partial charge on any atom is -0.355 e. The van der Waals surface area contributed by atoms with Crippen LogP contribution in [-0.2, 0) is 18.7 Å². The molecule has 6 nitrogen and oxygen atoms in total. The van der Waals surface area contributed by atoms with Crippen LogP contribution in [0.1, 0.15) is 27.8 Å². The van der Waals surface area contributed by atoms with Gasteiger partial charge in [0, 0.05) is 64.9 Å². The normalized spacial score (nSPS) is 11.1. The Morgan fingerprint density at radius 2 is 2.10 bits per heavy atom. The van der Waals surface area contributed by atoms with Crippen LogP contribution >= 0.6 is 23.1 Å². The van der Waals surface area contributed by atoms with E-state index < -0.39 is 0 Å². The SMILES string of the molecule is CCN(C)Cc1ccc(CSCCNc2ncc(Cc3cccnc3)c(=O)[nH]2)s1. The fourth-order valence-corrected chi connectivity index (χ4v) is 4.80. The molecule has 0 fully saturated rings. The summed E-state index contributed by atoms with van der Waals surface area (Å²) in [6.45, 7) is 5.01. The highest BCUT2D eigenvalue weighted by Gasteiger charge is 2.05. The molecule has 29 heavy (non-hydrogen) atoms. The van der Waals surface area contributed by atoms with Crippen molar-refractivity contribution in [3.63, 3.8) is 0 Å². The average molecular weight is 430 g/mol. The lowest BCUT2D eigenvalue weighted by Crippen LogP contribution is -2.18. The molecule has 0 aliphatic carbocycles. The fraction of sp³-hybridized carbons (Fsp3) is 0.381. The number of pyridine rings is 1. The van der Waals surface area contributed by atoms with E-state index in [-0.39, 0.29) is 5.56 Å². The van der Waals surface area contributed by atoms with Crippen LogP contribution < -0.4 is 10.9 Å². The molecule has 154 valence electrons. The van der Waals surface area contributed by atoms with Crippen LogP contribution in [0.4, 0.5) is 5.95 Å². The lowest BCUT2D eigenvalue weighted by Gasteiger charge is -2.11. The molecule has 8 heteroatoms. The number of thiophene rings is 1. The maximum absolute atomic E-state index is 12.3. The highest BCUT2D eigenvalue weighted by atomic mass is 32.2. The summed E-state index contributed by atoms with van der Waals surface area (Å²) in [5.74, 6) is 2.48. The predicted octanol–water partition coefficient (Wildman–Crippen LogP) is 3.61. The Morgan fingerprint density at radius 1 is 1.24 bits per heavy atom. The Hall–Kier alpha value is -2.16. The fourth-order valence-electron chi connectivity index (χ4n) is 2.74. The molecule has 0 aliphatic rings. The van der Waals surface area contributed by atoms with Crippen LogP contribution in [0.3, 0.4) is 0 Å². The van der Waals surface area contributed by atoms with Gasteiger partial charge in [-0.15, -0.1) is 11.3 Å². The molecule has 3 heterocycles. The molecule has 0 spiro atoms. The number of rotatable bonds is 11. The highest BCUT2D eigenvalue weighted by molar-refractivity contribution is 7.98. The molecule has 0 saturated heterocycles. The summed E-state index contributed by atoms with van der Waals surface area (Å²) in [6, 6.07) is 8.27. The number of nitrogens with zero attached hydrogens (tertiary/aromatic N) is 3. The van der Waals surface area contributed by atoms with Gasteiger partial charge in [-0.1, -0.05) is 13.0 Å². The van der Waals surface area contributed by atoms with E-state index in [1.165, 1.54) is 9.75 Å². The third-order valence-electron chi connectivity index (χ3n) is 4.46. The van der Waals surface area contributed by atoms with Crippen molar-refractivity contribution in [3.05, 3.63) is 74.1 Å². The van der Waals surface area contributed by atoms with E-state index in [9.17, 15) is 4.79 Å². The number of anilines is 1. The second kappa shape index (κ2) is 11.1. The Morgan fingerprint density at radius 3 is 2.86 bits per heavy atom. The van der Waals surface area contributed by atoms with E-state index >= 15 is 0 Å². The molecule has 3 rings (SSSR count). The first-order chi connectivity index (χ1) is 14.1. The Bertz CT molecular complexity index is 941. The molecule has 0 unspecified atom stereocenters. The number of hydrogen-bond donors (Lipinski definition) is 2. The lowest BCUT2D eigenvalue weighted by atomic mass is 10.1. The number of nitrogens with one attached hydrogen (secondary N) is 2. The van der Waals surface area contributed by atoms with E-state index in [0.717, 1.165) is 36.7 Å². The van der Waals surface area contributed by atoms with Crippen molar-refractivity contribution in [3.8, 4) is 0 Å². The molecule has 0 radical (unpaired) electrons. The minimum absolute atomic E-state index is 0.109.